The van der Waals surface area contributed by atoms with Gasteiger partial charge in [0.05, 0.1) is 5.56 Å². The van der Waals surface area contributed by atoms with Gasteiger partial charge in [-0.25, -0.2) is 4.39 Å². The van der Waals surface area contributed by atoms with E-state index in [1.165, 1.54) is 12.1 Å². The number of amides is 1. The topological polar surface area (TPSA) is 75.3 Å². The standard InChI is InChI=1S/C12H17FN2O2/c1-8(4-5-14)7-15-12(17)10-3-2-9(16)6-11(10)13/h2-3,6,8,16H,4-5,7,14H2,1H3,(H,15,17). The highest BCUT2D eigenvalue weighted by Gasteiger charge is 2.12. The van der Waals surface area contributed by atoms with Crippen LogP contribution in [0.1, 0.15) is 23.7 Å². The van der Waals surface area contributed by atoms with Crippen molar-refractivity contribution in [2.24, 2.45) is 11.7 Å². The van der Waals surface area contributed by atoms with Gasteiger partial charge in [-0.15, -0.1) is 0 Å². The summed E-state index contributed by atoms with van der Waals surface area (Å²) in [7, 11) is 0. The van der Waals surface area contributed by atoms with Crippen molar-refractivity contribution < 1.29 is 14.3 Å². The molecule has 1 unspecified atom stereocenters. The molecule has 0 bridgehead atoms. The Kier molecular flexibility index (Phi) is 4.90. The van der Waals surface area contributed by atoms with Crippen molar-refractivity contribution in [2.75, 3.05) is 13.1 Å². The summed E-state index contributed by atoms with van der Waals surface area (Å²) in [5.74, 6) is -1.15. The van der Waals surface area contributed by atoms with Crippen LogP contribution in [0.25, 0.3) is 0 Å². The Morgan fingerprint density at radius 3 is 2.88 bits per heavy atom. The predicted octanol–water partition coefficient (Wildman–Crippen LogP) is 1.25. The van der Waals surface area contributed by atoms with Crippen LogP contribution in [0.4, 0.5) is 4.39 Å². The molecule has 4 nitrogen and oxygen atoms in total. The van der Waals surface area contributed by atoms with E-state index < -0.39 is 11.7 Å². The Morgan fingerprint density at radius 1 is 1.59 bits per heavy atom. The molecule has 1 aromatic rings. The summed E-state index contributed by atoms with van der Waals surface area (Å²) in [6.07, 6.45) is 0.804. The molecule has 1 rings (SSSR count). The zero-order chi connectivity index (χ0) is 12.8. The largest absolute Gasteiger partial charge is 0.508 e. The van der Waals surface area contributed by atoms with Crippen LogP contribution in [0.15, 0.2) is 18.2 Å². The average molecular weight is 240 g/mol. The minimum absolute atomic E-state index is 0.0669. The molecule has 0 aromatic heterocycles. The Labute approximate surface area is 99.6 Å². The third-order valence-electron chi connectivity index (χ3n) is 2.47. The van der Waals surface area contributed by atoms with Gasteiger partial charge in [-0.2, -0.15) is 0 Å². The normalized spacial score (nSPS) is 12.2. The van der Waals surface area contributed by atoms with Gasteiger partial charge < -0.3 is 16.2 Å². The van der Waals surface area contributed by atoms with E-state index >= 15 is 0 Å². The quantitative estimate of drug-likeness (QED) is 0.725. The second kappa shape index (κ2) is 6.20. The van der Waals surface area contributed by atoms with Crippen LogP contribution in [-0.2, 0) is 0 Å². The lowest BCUT2D eigenvalue weighted by atomic mass is 10.1. The molecule has 5 heteroatoms. The smallest absolute Gasteiger partial charge is 0.254 e. The Balaban J connectivity index is 2.58. The van der Waals surface area contributed by atoms with E-state index in [0.29, 0.717) is 13.1 Å². The lowest BCUT2D eigenvalue weighted by Gasteiger charge is -2.11. The first-order valence-electron chi connectivity index (χ1n) is 5.51. The molecule has 0 fully saturated rings. The molecule has 1 aromatic carbocycles. The number of nitrogens with one attached hydrogen (secondary N) is 1. The molecule has 0 spiro atoms. The SMILES string of the molecule is CC(CCN)CNC(=O)c1ccc(O)cc1F. The van der Waals surface area contributed by atoms with Crippen molar-refractivity contribution in [3.8, 4) is 5.75 Å². The van der Waals surface area contributed by atoms with Crippen LogP contribution >= 0.6 is 0 Å². The van der Waals surface area contributed by atoms with E-state index in [2.05, 4.69) is 5.32 Å². The fraction of sp³-hybridized carbons (Fsp3) is 0.417. The number of carbonyl (C=O) groups excluding carboxylic acids is 1. The number of halogens is 1. The summed E-state index contributed by atoms with van der Waals surface area (Å²) >= 11 is 0. The maximum atomic E-state index is 13.3. The van der Waals surface area contributed by atoms with Crippen molar-refractivity contribution in [1.29, 1.82) is 0 Å². The first kappa shape index (κ1) is 13.4. The van der Waals surface area contributed by atoms with Crippen molar-refractivity contribution in [3.05, 3.63) is 29.6 Å². The first-order valence-corrected chi connectivity index (χ1v) is 5.51. The Bertz CT molecular complexity index is 396. The van der Waals surface area contributed by atoms with Gasteiger partial charge >= 0.3 is 0 Å². The zero-order valence-corrected chi connectivity index (χ0v) is 9.74. The molecule has 0 heterocycles. The number of rotatable bonds is 5. The number of aromatic hydroxyl groups is 1. The highest BCUT2D eigenvalue weighted by atomic mass is 19.1. The fourth-order valence-electron chi connectivity index (χ4n) is 1.44. The lowest BCUT2D eigenvalue weighted by molar-refractivity contribution is 0.0943. The molecule has 0 aliphatic rings. The number of phenolic OH excluding ortho intramolecular Hbond substituents is 1. The van der Waals surface area contributed by atoms with Gasteiger partial charge in [0.1, 0.15) is 11.6 Å². The number of carbonyl (C=O) groups is 1. The van der Waals surface area contributed by atoms with E-state index in [1.807, 2.05) is 6.92 Å². The van der Waals surface area contributed by atoms with Gasteiger partial charge in [0.25, 0.3) is 5.91 Å². The summed E-state index contributed by atoms with van der Waals surface area (Å²) in [6, 6.07) is 3.45. The average Bonchev–Trinajstić information content (AvgIpc) is 2.26. The van der Waals surface area contributed by atoms with Crippen molar-refractivity contribution in [2.45, 2.75) is 13.3 Å². The minimum atomic E-state index is -0.728. The third-order valence-corrected chi connectivity index (χ3v) is 2.47. The first-order chi connectivity index (χ1) is 8.04. The highest BCUT2D eigenvalue weighted by Crippen LogP contribution is 2.14. The fourth-order valence-corrected chi connectivity index (χ4v) is 1.44. The van der Waals surface area contributed by atoms with Crippen LogP contribution in [0.2, 0.25) is 0 Å². The van der Waals surface area contributed by atoms with Gasteiger partial charge in [0.15, 0.2) is 0 Å². The van der Waals surface area contributed by atoms with E-state index in [1.54, 1.807) is 0 Å². The number of phenols is 1. The van der Waals surface area contributed by atoms with Crippen LogP contribution in [0, 0.1) is 11.7 Å². The van der Waals surface area contributed by atoms with Crippen molar-refractivity contribution in [3.63, 3.8) is 0 Å². The summed E-state index contributed by atoms with van der Waals surface area (Å²) < 4.78 is 13.3. The zero-order valence-electron chi connectivity index (χ0n) is 9.74. The number of nitrogens with two attached hydrogens (primary N) is 1. The van der Waals surface area contributed by atoms with E-state index in [-0.39, 0.29) is 17.2 Å². The molecule has 0 aliphatic carbocycles. The van der Waals surface area contributed by atoms with E-state index in [9.17, 15) is 9.18 Å². The molecular weight excluding hydrogens is 223 g/mol. The Hall–Kier alpha value is -1.62. The van der Waals surface area contributed by atoms with E-state index in [0.717, 1.165) is 12.5 Å². The molecular formula is C12H17FN2O2. The summed E-state index contributed by atoms with van der Waals surface area (Å²) in [5, 5.41) is 11.6. The minimum Gasteiger partial charge on any atom is -0.508 e. The van der Waals surface area contributed by atoms with Gasteiger partial charge in [0.2, 0.25) is 0 Å². The number of hydrogen-bond acceptors (Lipinski definition) is 3. The van der Waals surface area contributed by atoms with Crippen LogP contribution in [-0.4, -0.2) is 24.1 Å². The molecule has 4 N–H and O–H groups in total. The monoisotopic (exact) mass is 240 g/mol. The van der Waals surface area contributed by atoms with Crippen molar-refractivity contribution in [1.82, 2.24) is 5.32 Å². The second-order valence-corrected chi connectivity index (χ2v) is 4.06. The van der Waals surface area contributed by atoms with Crippen LogP contribution in [0.5, 0.6) is 5.75 Å². The molecule has 94 valence electrons. The predicted molar refractivity (Wildman–Crippen MR) is 63.2 cm³/mol. The highest BCUT2D eigenvalue weighted by molar-refractivity contribution is 5.94. The maximum Gasteiger partial charge on any atom is 0.254 e. The summed E-state index contributed by atoms with van der Waals surface area (Å²) in [5.41, 5.74) is 5.32. The molecule has 1 amide bonds. The van der Waals surface area contributed by atoms with Gasteiger partial charge in [0, 0.05) is 12.6 Å². The van der Waals surface area contributed by atoms with Crippen LogP contribution in [0.3, 0.4) is 0 Å². The van der Waals surface area contributed by atoms with E-state index in [4.69, 9.17) is 10.8 Å². The molecule has 0 saturated carbocycles. The molecule has 1 atom stereocenters. The third kappa shape index (κ3) is 4.03. The number of benzene rings is 1. The van der Waals surface area contributed by atoms with Crippen LogP contribution < -0.4 is 11.1 Å². The molecule has 0 aliphatic heterocycles. The van der Waals surface area contributed by atoms with Gasteiger partial charge in [-0.3, -0.25) is 4.79 Å². The van der Waals surface area contributed by atoms with Crippen molar-refractivity contribution >= 4 is 5.91 Å². The summed E-state index contributed by atoms with van der Waals surface area (Å²) in [4.78, 5) is 11.6. The summed E-state index contributed by atoms with van der Waals surface area (Å²) in [6.45, 7) is 2.97. The maximum absolute atomic E-state index is 13.3. The van der Waals surface area contributed by atoms with Gasteiger partial charge in [-0.05, 0) is 31.0 Å². The molecule has 0 radical (unpaired) electrons. The molecule has 0 saturated heterocycles. The lowest BCUT2D eigenvalue weighted by Crippen LogP contribution is -2.29. The van der Waals surface area contributed by atoms with Gasteiger partial charge in [-0.1, -0.05) is 6.92 Å². The Morgan fingerprint density at radius 2 is 2.29 bits per heavy atom. The molecule has 17 heavy (non-hydrogen) atoms. The number of hydrogen-bond donors (Lipinski definition) is 3. The second-order valence-electron chi connectivity index (χ2n) is 4.06.